The standard InChI is InChI=1S/C20H19FN2O3/c21-16-9-17-13(6-7-23(17)11-12-4-2-1-3-5-12)8-14(16)15-10-22-19(24)18(15)20(25)26/h1-5,8-9,15,18H,6-7,10-11H2,(H,22,24)(H,25,26)/t15-,18-/m0/s1. The molecule has 2 aromatic carbocycles. The SMILES string of the molecule is O=C(O)[C@@H]1C(=O)NC[C@H]1c1cc2c(cc1F)N(Cc1ccccc1)CC2. The van der Waals surface area contributed by atoms with Crippen LogP contribution in [0.3, 0.4) is 0 Å². The van der Waals surface area contributed by atoms with E-state index in [1.807, 2.05) is 30.3 Å². The second-order valence-corrected chi connectivity index (χ2v) is 6.83. The summed E-state index contributed by atoms with van der Waals surface area (Å²) in [6, 6.07) is 13.2. The molecule has 134 valence electrons. The van der Waals surface area contributed by atoms with Crippen LogP contribution in [0.4, 0.5) is 10.1 Å². The van der Waals surface area contributed by atoms with Gasteiger partial charge in [-0.05, 0) is 29.2 Å². The monoisotopic (exact) mass is 354 g/mol. The van der Waals surface area contributed by atoms with E-state index in [0.717, 1.165) is 29.8 Å². The Morgan fingerprint density at radius 1 is 1.27 bits per heavy atom. The number of benzene rings is 2. The number of rotatable bonds is 4. The van der Waals surface area contributed by atoms with E-state index in [0.29, 0.717) is 12.1 Å². The van der Waals surface area contributed by atoms with E-state index in [9.17, 15) is 19.1 Å². The van der Waals surface area contributed by atoms with E-state index < -0.39 is 29.5 Å². The highest BCUT2D eigenvalue weighted by molar-refractivity contribution is 6.00. The van der Waals surface area contributed by atoms with Crippen LogP contribution in [0, 0.1) is 11.7 Å². The quantitative estimate of drug-likeness (QED) is 0.827. The summed E-state index contributed by atoms with van der Waals surface area (Å²) in [5.74, 6) is -4.11. The maximum atomic E-state index is 14.8. The van der Waals surface area contributed by atoms with Gasteiger partial charge >= 0.3 is 5.97 Å². The summed E-state index contributed by atoms with van der Waals surface area (Å²) in [6.45, 7) is 1.64. The number of nitrogens with one attached hydrogen (secondary N) is 1. The van der Waals surface area contributed by atoms with E-state index >= 15 is 0 Å². The van der Waals surface area contributed by atoms with Gasteiger partial charge in [0.1, 0.15) is 11.7 Å². The number of amides is 1. The first-order chi connectivity index (χ1) is 12.5. The molecule has 5 nitrogen and oxygen atoms in total. The third-order valence-corrected chi connectivity index (χ3v) is 5.25. The van der Waals surface area contributed by atoms with Crippen molar-refractivity contribution in [2.75, 3.05) is 18.0 Å². The minimum atomic E-state index is -1.23. The lowest BCUT2D eigenvalue weighted by Crippen LogP contribution is -2.27. The normalized spacial score (nSPS) is 21.6. The Morgan fingerprint density at radius 3 is 2.77 bits per heavy atom. The van der Waals surface area contributed by atoms with Crippen LogP contribution >= 0.6 is 0 Å². The summed E-state index contributed by atoms with van der Waals surface area (Å²) in [6.07, 6.45) is 0.779. The van der Waals surface area contributed by atoms with Crippen molar-refractivity contribution >= 4 is 17.6 Å². The van der Waals surface area contributed by atoms with E-state index in [4.69, 9.17) is 0 Å². The summed E-state index contributed by atoms with van der Waals surface area (Å²) >= 11 is 0. The Balaban J connectivity index is 1.63. The maximum absolute atomic E-state index is 14.8. The van der Waals surface area contributed by atoms with Gasteiger partial charge in [-0.1, -0.05) is 36.4 Å². The van der Waals surface area contributed by atoms with E-state index in [-0.39, 0.29) is 6.54 Å². The molecule has 0 aromatic heterocycles. The molecule has 0 aliphatic carbocycles. The summed E-state index contributed by atoms with van der Waals surface area (Å²) in [4.78, 5) is 25.3. The molecule has 0 bridgehead atoms. The minimum absolute atomic E-state index is 0.152. The van der Waals surface area contributed by atoms with Gasteiger partial charge < -0.3 is 15.3 Å². The van der Waals surface area contributed by atoms with Crippen LogP contribution in [0.25, 0.3) is 0 Å². The summed E-state index contributed by atoms with van der Waals surface area (Å²) in [5, 5.41) is 11.9. The molecule has 2 atom stereocenters. The molecule has 2 N–H and O–H groups in total. The molecule has 0 unspecified atom stereocenters. The van der Waals surface area contributed by atoms with Gasteiger partial charge in [-0.15, -0.1) is 0 Å². The number of carboxylic acids is 1. The first-order valence-corrected chi connectivity index (χ1v) is 8.66. The fourth-order valence-corrected chi connectivity index (χ4v) is 3.94. The molecule has 1 amide bonds. The lowest BCUT2D eigenvalue weighted by Gasteiger charge is -2.21. The fraction of sp³-hybridized carbons (Fsp3) is 0.300. The van der Waals surface area contributed by atoms with Gasteiger partial charge in [0.2, 0.25) is 5.91 Å². The average molecular weight is 354 g/mol. The Bertz CT molecular complexity index is 869. The van der Waals surface area contributed by atoms with Crippen LogP contribution in [-0.4, -0.2) is 30.1 Å². The number of nitrogens with zero attached hydrogens (tertiary/aromatic N) is 1. The van der Waals surface area contributed by atoms with Crippen LogP contribution in [0.15, 0.2) is 42.5 Å². The van der Waals surface area contributed by atoms with Crippen molar-refractivity contribution in [2.45, 2.75) is 18.9 Å². The third-order valence-electron chi connectivity index (χ3n) is 5.25. The van der Waals surface area contributed by atoms with E-state index in [2.05, 4.69) is 10.2 Å². The third kappa shape index (κ3) is 2.81. The highest BCUT2D eigenvalue weighted by Crippen LogP contribution is 2.37. The number of carboxylic acid groups (broad SMARTS) is 1. The summed E-state index contributed by atoms with van der Waals surface area (Å²) < 4.78 is 14.8. The zero-order valence-electron chi connectivity index (χ0n) is 14.1. The van der Waals surface area contributed by atoms with Gasteiger partial charge in [0, 0.05) is 31.2 Å². The molecule has 26 heavy (non-hydrogen) atoms. The predicted molar refractivity (Wildman–Crippen MR) is 94.5 cm³/mol. The second-order valence-electron chi connectivity index (χ2n) is 6.83. The fourth-order valence-electron chi connectivity index (χ4n) is 3.94. The molecule has 0 saturated carbocycles. The van der Waals surface area contributed by atoms with Gasteiger partial charge in [-0.2, -0.15) is 0 Å². The first kappa shape index (κ1) is 16.6. The maximum Gasteiger partial charge on any atom is 0.316 e. The molecule has 4 rings (SSSR count). The molecular weight excluding hydrogens is 335 g/mol. The number of fused-ring (bicyclic) bond motifs is 1. The Labute approximate surface area is 150 Å². The smallest absolute Gasteiger partial charge is 0.316 e. The first-order valence-electron chi connectivity index (χ1n) is 8.66. The number of aliphatic carboxylic acids is 1. The number of carbonyl (C=O) groups excluding carboxylic acids is 1. The molecule has 2 aliphatic rings. The molecule has 0 spiro atoms. The van der Waals surface area contributed by atoms with Crippen molar-refractivity contribution in [1.29, 1.82) is 0 Å². The molecule has 2 heterocycles. The molecule has 1 fully saturated rings. The highest BCUT2D eigenvalue weighted by atomic mass is 19.1. The number of anilines is 1. The van der Waals surface area contributed by atoms with Crippen molar-refractivity contribution in [3.8, 4) is 0 Å². The second kappa shape index (κ2) is 6.44. The Morgan fingerprint density at radius 2 is 2.04 bits per heavy atom. The van der Waals surface area contributed by atoms with Gasteiger partial charge in [0.05, 0.1) is 0 Å². The van der Waals surface area contributed by atoms with Gasteiger partial charge in [-0.3, -0.25) is 9.59 Å². The molecule has 2 aromatic rings. The van der Waals surface area contributed by atoms with E-state index in [1.165, 1.54) is 6.07 Å². The molecule has 0 radical (unpaired) electrons. The zero-order chi connectivity index (χ0) is 18.3. The molecule has 6 heteroatoms. The van der Waals surface area contributed by atoms with Gasteiger partial charge in [0.15, 0.2) is 0 Å². The number of carbonyl (C=O) groups is 2. The number of halogens is 1. The minimum Gasteiger partial charge on any atom is -0.481 e. The average Bonchev–Trinajstić information content (AvgIpc) is 3.19. The van der Waals surface area contributed by atoms with Crippen molar-refractivity contribution in [3.05, 3.63) is 65.0 Å². The van der Waals surface area contributed by atoms with Crippen molar-refractivity contribution in [3.63, 3.8) is 0 Å². The van der Waals surface area contributed by atoms with Crippen LogP contribution in [0.5, 0.6) is 0 Å². The predicted octanol–water partition coefficient (Wildman–Crippen LogP) is 2.30. The number of hydrogen-bond donors (Lipinski definition) is 2. The van der Waals surface area contributed by atoms with Crippen LogP contribution in [0.1, 0.15) is 22.6 Å². The van der Waals surface area contributed by atoms with E-state index in [1.54, 1.807) is 6.07 Å². The van der Waals surface area contributed by atoms with Crippen LogP contribution < -0.4 is 10.2 Å². The highest BCUT2D eigenvalue weighted by Gasteiger charge is 2.42. The molecular formula is C20H19FN2O3. The molecule has 2 aliphatic heterocycles. The lowest BCUT2D eigenvalue weighted by molar-refractivity contribution is -0.145. The van der Waals surface area contributed by atoms with Crippen molar-refractivity contribution in [1.82, 2.24) is 5.32 Å². The topological polar surface area (TPSA) is 69.6 Å². The molecule has 1 saturated heterocycles. The largest absolute Gasteiger partial charge is 0.481 e. The van der Waals surface area contributed by atoms with Crippen LogP contribution in [-0.2, 0) is 22.6 Å². The Kier molecular flexibility index (Phi) is 4.11. The zero-order valence-corrected chi connectivity index (χ0v) is 14.1. The summed E-state index contributed by atoms with van der Waals surface area (Å²) in [7, 11) is 0. The van der Waals surface area contributed by atoms with Crippen LogP contribution in [0.2, 0.25) is 0 Å². The van der Waals surface area contributed by atoms with Crippen molar-refractivity contribution < 1.29 is 19.1 Å². The van der Waals surface area contributed by atoms with Gasteiger partial charge in [-0.25, -0.2) is 4.39 Å². The van der Waals surface area contributed by atoms with Gasteiger partial charge in [0.25, 0.3) is 0 Å². The lowest BCUT2D eigenvalue weighted by atomic mass is 9.87. The number of hydrogen-bond acceptors (Lipinski definition) is 3. The van der Waals surface area contributed by atoms with Crippen molar-refractivity contribution in [2.24, 2.45) is 5.92 Å². The summed E-state index contributed by atoms with van der Waals surface area (Å²) in [5.41, 5.74) is 3.32. The Hall–Kier alpha value is -2.89.